The molecule has 1 rings (SSSR count). The number of hydrogen-bond donors (Lipinski definition) is 2. The van der Waals surface area contributed by atoms with Crippen LogP contribution in [0.4, 0.5) is 0 Å². The van der Waals surface area contributed by atoms with E-state index in [0.29, 0.717) is 5.76 Å². The first-order valence-corrected chi connectivity index (χ1v) is 5.63. The van der Waals surface area contributed by atoms with Gasteiger partial charge in [0.15, 0.2) is 0 Å². The van der Waals surface area contributed by atoms with Crippen molar-refractivity contribution in [2.24, 2.45) is 5.92 Å². The minimum Gasteiger partial charge on any atom is -0.465 e. The summed E-state index contributed by atoms with van der Waals surface area (Å²) in [5.74, 6) is 0.454. The van der Waals surface area contributed by atoms with Gasteiger partial charge in [-0.2, -0.15) is 0 Å². The van der Waals surface area contributed by atoms with E-state index < -0.39 is 5.60 Å². The molecule has 2 N–H and O–H groups in total. The second-order valence-corrected chi connectivity index (χ2v) is 4.58. The predicted molar refractivity (Wildman–Crippen MR) is 66.2 cm³/mol. The second-order valence-electron chi connectivity index (χ2n) is 4.58. The van der Waals surface area contributed by atoms with Crippen LogP contribution in [0.15, 0.2) is 28.9 Å². The van der Waals surface area contributed by atoms with Crippen LogP contribution in [-0.2, 0) is 4.79 Å². The van der Waals surface area contributed by atoms with E-state index in [1.165, 1.54) is 6.08 Å². The first-order chi connectivity index (χ1) is 7.92. The molecule has 0 aliphatic rings. The molecule has 1 heterocycles. The Balaban J connectivity index is 2.41. The van der Waals surface area contributed by atoms with Gasteiger partial charge < -0.3 is 14.8 Å². The third-order valence-corrected chi connectivity index (χ3v) is 2.81. The maximum absolute atomic E-state index is 11.5. The number of nitrogens with one attached hydrogen (secondary N) is 1. The number of hydrogen-bond acceptors (Lipinski definition) is 3. The summed E-state index contributed by atoms with van der Waals surface area (Å²) in [5, 5.41) is 12.6. The van der Waals surface area contributed by atoms with E-state index in [1.807, 2.05) is 13.8 Å². The molecule has 0 spiro atoms. The van der Waals surface area contributed by atoms with Crippen molar-refractivity contribution in [3.63, 3.8) is 0 Å². The summed E-state index contributed by atoms with van der Waals surface area (Å²) >= 11 is 0. The van der Waals surface area contributed by atoms with Crippen molar-refractivity contribution in [2.45, 2.75) is 26.4 Å². The minimum absolute atomic E-state index is 0.0804. The molecular weight excluding hydrogens is 218 g/mol. The number of amides is 1. The largest absolute Gasteiger partial charge is 0.465 e. The maximum Gasteiger partial charge on any atom is 0.244 e. The lowest BCUT2D eigenvalue weighted by atomic mass is 9.92. The van der Waals surface area contributed by atoms with Crippen molar-refractivity contribution >= 4 is 12.0 Å². The Kier molecular flexibility index (Phi) is 4.52. The fourth-order valence-corrected chi connectivity index (χ4v) is 1.07. The molecule has 0 unspecified atom stereocenters. The van der Waals surface area contributed by atoms with Gasteiger partial charge in [-0.25, -0.2) is 0 Å². The van der Waals surface area contributed by atoms with Crippen LogP contribution in [-0.4, -0.2) is 23.2 Å². The molecule has 0 radical (unpaired) electrons. The molecule has 0 aromatic carbocycles. The Morgan fingerprint density at radius 2 is 2.35 bits per heavy atom. The van der Waals surface area contributed by atoms with Crippen molar-refractivity contribution in [3.8, 4) is 0 Å². The molecule has 0 saturated carbocycles. The normalized spacial score (nSPS) is 15.1. The maximum atomic E-state index is 11.5. The van der Waals surface area contributed by atoms with Gasteiger partial charge in [0.05, 0.1) is 11.9 Å². The summed E-state index contributed by atoms with van der Waals surface area (Å²) in [5.41, 5.74) is -0.895. The predicted octanol–water partition coefficient (Wildman–Crippen LogP) is 1.82. The average Bonchev–Trinajstić information content (AvgIpc) is 2.76. The number of rotatable bonds is 5. The molecule has 0 saturated heterocycles. The van der Waals surface area contributed by atoms with Crippen LogP contribution in [0.25, 0.3) is 6.08 Å². The van der Waals surface area contributed by atoms with Gasteiger partial charge in [0, 0.05) is 12.6 Å². The zero-order chi connectivity index (χ0) is 12.9. The van der Waals surface area contributed by atoms with E-state index in [0.717, 1.165) is 0 Å². The van der Waals surface area contributed by atoms with Gasteiger partial charge >= 0.3 is 0 Å². The van der Waals surface area contributed by atoms with Crippen molar-refractivity contribution in [1.82, 2.24) is 5.32 Å². The quantitative estimate of drug-likeness (QED) is 0.768. The highest BCUT2D eigenvalue weighted by atomic mass is 16.3. The molecule has 1 atom stereocenters. The molecule has 0 fully saturated rings. The smallest absolute Gasteiger partial charge is 0.244 e. The van der Waals surface area contributed by atoms with Gasteiger partial charge in [-0.1, -0.05) is 13.8 Å². The molecule has 1 aromatic heterocycles. The van der Waals surface area contributed by atoms with Crippen LogP contribution < -0.4 is 5.32 Å². The number of carbonyl (C=O) groups excluding carboxylic acids is 1. The van der Waals surface area contributed by atoms with E-state index >= 15 is 0 Å². The molecule has 0 bridgehead atoms. The fraction of sp³-hybridized carbons (Fsp3) is 0.462. The zero-order valence-corrected chi connectivity index (χ0v) is 10.4. The van der Waals surface area contributed by atoms with Crippen LogP contribution in [0.5, 0.6) is 0 Å². The van der Waals surface area contributed by atoms with Gasteiger partial charge in [-0.05, 0) is 31.1 Å². The summed E-state index contributed by atoms with van der Waals surface area (Å²) in [6, 6.07) is 3.51. The Labute approximate surface area is 101 Å². The topological polar surface area (TPSA) is 62.5 Å². The zero-order valence-electron chi connectivity index (χ0n) is 10.4. The van der Waals surface area contributed by atoms with Crippen LogP contribution in [0.1, 0.15) is 26.5 Å². The molecule has 0 aliphatic heterocycles. The monoisotopic (exact) mass is 237 g/mol. The van der Waals surface area contributed by atoms with Crippen molar-refractivity contribution in [2.75, 3.05) is 6.54 Å². The minimum atomic E-state index is -0.895. The Morgan fingerprint density at radius 1 is 1.65 bits per heavy atom. The fourth-order valence-electron chi connectivity index (χ4n) is 1.07. The first kappa shape index (κ1) is 13.5. The van der Waals surface area contributed by atoms with E-state index in [-0.39, 0.29) is 18.4 Å². The third-order valence-electron chi connectivity index (χ3n) is 2.81. The third kappa shape index (κ3) is 4.44. The van der Waals surface area contributed by atoms with E-state index in [2.05, 4.69) is 5.32 Å². The SMILES string of the molecule is CC(C)[C@](C)(O)CNC(=O)/C=C/c1ccco1. The summed E-state index contributed by atoms with van der Waals surface area (Å²) in [7, 11) is 0. The standard InChI is InChI=1S/C13H19NO3/c1-10(2)13(3,16)9-14-12(15)7-6-11-5-4-8-17-11/h4-8,10,16H,9H2,1-3H3,(H,14,15)/b7-6+/t13-/m1/s1. The molecule has 4 heteroatoms. The van der Waals surface area contributed by atoms with Gasteiger partial charge in [0.1, 0.15) is 5.76 Å². The summed E-state index contributed by atoms with van der Waals surface area (Å²) in [6.45, 7) is 5.75. The molecule has 0 aliphatic carbocycles. The lowest BCUT2D eigenvalue weighted by molar-refractivity contribution is -0.118. The average molecular weight is 237 g/mol. The first-order valence-electron chi connectivity index (χ1n) is 5.63. The molecule has 4 nitrogen and oxygen atoms in total. The van der Waals surface area contributed by atoms with Crippen molar-refractivity contribution in [1.29, 1.82) is 0 Å². The highest BCUT2D eigenvalue weighted by Crippen LogP contribution is 2.14. The van der Waals surface area contributed by atoms with Gasteiger partial charge in [0.25, 0.3) is 0 Å². The molecule has 1 amide bonds. The van der Waals surface area contributed by atoms with Gasteiger partial charge in [0.2, 0.25) is 5.91 Å². The van der Waals surface area contributed by atoms with Crippen molar-refractivity contribution in [3.05, 3.63) is 30.2 Å². The van der Waals surface area contributed by atoms with E-state index in [4.69, 9.17) is 4.42 Å². The second kappa shape index (κ2) is 5.68. The van der Waals surface area contributed by atoms with Crippen LogP contribution >= 0.6 is 0 Å². The summed E-state index contributed by atoms with van der Waals surface area (Å²) < 4.78 is 5.05. The highest BCUT2D eigenvalue weighted by molar-refractivity contribution is 5.91. The molecular formula is C13H19NO3. The molecule has 17 heavy (non-hydrogen) atoms. The lowest BCUT2D eigenvalue weighted by Gasteiger charge is -2.27. The number of furan rings is 1. The Hall–Kier alpha value is -1.55. The number of carbonyl (C=O) groups is 1. The van der Waals surface area contributed by atoms with Gasteiger partial charge in [-0.3, -0.25) is 4.79 Å². The summed E-state index contributed by atoms with van der Waals surface area (Å²) in [4.78, 5) is 11.5. The highest BCUT2D eigenvalue weighted by Gasteiger charge is 2.24. The number of aliphatic hydroxyl groups is 1. The van der Waals surface area contributed by atoms with Crippen LogP contribution in [0.3, 0.4) is 0 Å². The Bertz CT molecular complexity index is 377. The van der Waals surface area contributed by atoms with Crippen molar-refractivity contribution < 1.29 is 14.3 Å². The molecule has 1 aromatic rings. The van der Waals surface area contributed by atoms with Crippen LogP contribution in [0.2, 0.25) is 0 Å². The summed E-state index contributed by atoms with van der Waals surface area (Å²) in [6.07, 6.45) is 4.51. The van der Waals surface area contributed by atoms with E-state index in [9.17, 15) is 9.90 Å². The van der Waals surface area contributed by atoms with Crippen LogP contribution in [0, 0.1) is 5.92 Å². The van der Waals surface area contributed by atoms with E-state index in [1.54, 1.807) is 31.4 Å². The Morgan fingerprint density at radius 3 is 2.88 bits per heavy atom. The molecule has 94 valence electrons. The lowest BCUT2D eigenvalue weighted by Crippen LogP contribution is -2.43. The van der Waals surface area contributed by atoms with Gasteiger partial charge in [-0.15, -0.1) is 0 Å².